The molecule has 0 unspecified atom stereocenters. The van der Waals surface area contributed by atoms with Gasteiger partial charge in [-0.1, -0.05) is 11.6 Å². The average molecular weight is 571 g/mol. The molecule has 0 aliphatic carbocycles. The van der Waals surface area contributed by atoms with Gasteiger partial charge in [0.05, 0.1) is 23.1 Å². The molecule has 3 aromatic rings. The highest BCUT2D eigenvalue weighted by atomic mass is 35.5. The van der Waals surface area contributed by atoms with Crippen molar-refractivity contribution in [1.82, 2.24) is 9.88 Å². The van der Waals surface area contributed by atoms with Crippen molar-refractivity contribution in [3.05, 3.63) is 64.6 Å². The number of pyridine rings is 1. The summed E-state index contributed by atoms with van der Waals surface area (Å²) in [5, 5.41) is 10.8. The zero-order valence-corrected chi connectivity index (χ0v) is 22.2. The minimum absolute atomic E-state index is 0.0140. The van der Waals surface area contributed by atoms with Crippen molar-refractivity contribution in [2.24, 2.45) is 5.41 Å². The SMILES string of the molecule is COc1ccc2ncc(Cl)c([C@@H](F)CCC3(C(=O)O)CCN(CCSc4cc(F)c(F)c(F)c4)CC3)c2c1. The summed E-state index contributed by atoms with van der Waals surface area (Å²) in [6, 6.07) is 7.03. The number of hydrogen-bond donors (Lipinski definition) is 1. The van der Waals surface area contributed by atoms with Gasteiger partial charge in [0.2, 0.25) is 0 Å². The van der Waals surface area contributed by atoms with Gasteiger partial charge in [0.15, 0.2) is 17.5 Å². The number of thioether (sulfide) groups is 1. The van der Waals surface area contributed by atoms with Crippen molar-refractivity contribution in [1.29, 1.82) is 0 Å². The number of alkyl halides is 1. The predicted octanol–water partition coefficient (Wildman–Crippen LogP) is 7.06. The molecule has 1 fully saturated rings. The van der Waals surface area contributed by atoms with Crippen LogP contribution < -0.4 is 4.74 Å². The molecule has 4 rings (SSSR count). The fourth-order valence-electron chi connectivity index (χ4n) is 4.84. The Balaban J connectivity index is 1.36. The second-order valence-corrected chi connectivity index (χ2v) is 11.0. The predicted molar refractivity (Wildman–Crippen MR) is 139 cm³/mol. The van der Waals surface area contributed by atoms with Crippen LogP contribution in [-0.2, 0) is 4.79 Å². The largest absolute Gasteiger partial charge is 0.497 e. The number of methoxy groups -OCH3 is 1. The number of carbonyl (C=O) groups is 1. The number of piperidine rings is 1. The molecule has 204 valence electrons. The maximum absolute atomic E-state index is 15.6. The summed E-state index contributed by atoms with van der Waals surface area (Å²) in [6.07, 6.45) is 0.735. The van der Waals surface area contributed by atoms with Crippen molar-refractivity contribution in [3.63, 3.8) is 0 Å². The molecular formula is C27H27ClF4N2O3S. The first-order valence-corrected chi connectivity index (χ1v) is 13.5. The zero-order valence-electron chi connectivity index (χ0n) is 20.7. The molecule has 1 saturated heterocycles. The molecule has 0 spiro atoms. The maximum Gasteiger partial charge on any atom is 0.309 e. The van der Waals surface area contributed by atoms with Gasteiger partial charge in [-0.3, -0.25) is 9.78 Å². The average Bonchev–Trinajstić information content (AvgIpc) is 2.90. The lowest BCUT2D eigenvalue weighted by molar-refractivity contribution is -0.153. The molecule has 38 heavy (non-hydrogen) atoms. The monoisotopic (exact) mass is 570 g/mol. The molecule has 5 nitrogen and oxygen atoms in total. The number of rotatable bonds is 10. The van der Waals surface area contributed by atoms with E-state index in [1.807, 2.05) is 0 Å². The lowest BCUT2D eigenvalue weighted by Gasteiger charge is -2.39. The minimum atomic E-state index is -1.50. The van der Waals surface area contributed by atoms with E-state index in [9.17, 15) is 23.1 Å². The number of aromatic nitrogens is 1. The van der Waals surface area contributed by atoms with Gasteiger partial charge in [-0.25, -0.2) is 17.6 Å². The second-order valence-electron chi connectivity index (χ2n) is 9.39. The number of halogens is 5. The van der Waals surface area contributed by atoms with E-state index >= 15 is 4.39 Å². The molecule has 1 aliphatic rings. The van der Waals surface area contributed by atoms with Crippen LogP contribution in [0.5, 0.6) is 5.75 Å². The van der Waals surface area contributed by atoms with E-state index in [4.69, 9.17) is 16.3 Å². The highest BCUT2D eigenvalue weighted by Crippen LogP contribution is 2.42. The summed E-state index contributed by atoms with van der Waals surface area (Å²) >= 11 is 7.51. The molecule has 0 amide bonds. The van der Waals surface area contributed by atoms with E-state index in [-0.39, 0.29) is 28.3 Å². The Morgan fingerprint density at radius 3 is 2.53 bits per heavy atom. The topological polar surface area (TPSA) is 62.7 Å². The normalized spacial score (nSPS) is 16.5. The Morgan fingerprint density at radius 2 is 1.89 bits per heavy atom. The summed E-state index contributed by atoms with van der Waals surface area (Å²) in [4.78, 5) is 18.9. The lowest BCUT2D eigenvalue weighted by Crippen LogP contribution is -2.45. The molecule has 1 atom stereocenters. The van der Waals surface area contributed by atoms with Crippen LogP contribution in [0.2, 0.25) is 5.02 Å². The number of benzene rings is 2. The smallest absolute Gasteiger partial charge is 0.309 e. The van der Waals surface area contributed by atoms with Gasteiger partial charge >= 0.3 is 5.97 Å². The van der Waals surface area contributed by atoms with Crippen molar-refractivity contribution < 1.29 is 32.2 Å². The van der Waals surface area contributed by atoms with E-state index in [1.54, 1.807) is 18.2 Å². The fourth-order valence-corrected chi connectivity index (χ4v) is 6.07. The van der Waals surface area contributed by atoms with Crippen molar-refractivity contribution in [2.75, 3.05) is 32.5 Å². The number of fused-ring (bicyclic) bond motifs is 1. The molecular weight excluding hydrogens is 544 g/mol. The molecule has 2 heterocycles. The summed E-state index contributed by atoms with van der Waals surface area (Å²) < 4.78 is 60.8. The summed E-state index contributed by atoms with van der Waals surface area (Å²) in [6.45, 7) is 1.55. The standard InChI is InChI=1S/C27H27ClF4N2O3S/c1-37-16-2-3-23-18(12-16)24(19(28)15-33-23)20(29)4-5-27(26(35)36)6-8-34(9-7-27)10-11-38-17-13-21(30)25(32)22(31)14-17/h2-3,12-15,20H,4-11H2,1H3,(H,35,36)/t20-/m0/s1. The quantitative estimate of drug-likeness (QED) is 0.160. The minimum Gasteiger partial charge on any atom is -0.497 e. The van der Waals surface area contributed by atoms with Gasteiger partial charge in [0, 0.05) is 34.3 Å². The van der Waals surface area contributed by atoms with E-state index in [1.165, 1.54) is 25.1 Å². The maximum atomic E-state index is 15.6. The number of likely N-dealkylation sites (tertiary alicyclic amines) is 1. The molecule has 2 aromatic carbocycles. The van der Waals surface area contributed by atoms with Gasteiger partial charge in [0.25, 0.3) is 0 Å². The van der Waals surface area contributed by atoms with Crippen LogP contribution in [0.25, 0.3) is 10.9 Å². The first-order valence-electron chi connectivity index (χ1n) is 12.1. The van der Waals surface area contributed by atoms with Crippen LogP contribution in [-0.4, -0.2) is 53.5 Å². The number of carboxylic acids is 1. The van der Waals surface area contributed by atoms with E-state index < -0.39 is 35.0 Å². The summed E-state index contributed by atoms with van der Waals surface area (Å²) in [5.41, 5.74) is -0.221. The molecule has 0 radical (unpaired) electrons. The molecule has 0 bridgehead atoms. The van der Waals surface area contributed by atoms with E-state index in [2.05, 4.69) is 9.88 Å². The van der Waals surface area contributed by atoms with Crippen LogP contribution in [0.15, 0.2) is 41.4 Å². The van der Waals surface area contributed by atoms with Gasteiger partial charge in [0.1, 0.15) is 11.9 Å². The van der Waals surface area contributed by atoms with Gasteiger partial charge < -0.3 is 14.7 Å². The van der Waals surface area contributed by atoms with Crippen molar-refractivity contribution >= 4 is 40.2 Å². The van der Waals surface area contributed by atoms with Crippen LogP contribution >= 0.6 is 23.4 Å². The number of hydrogen-bond acceptors (Lipinski definition) is 5. The Hall–Kier alpha value is -2.56. The number of carboxylic acid groups (broad SMARTS) is 1. The first-order chi connectivity index (χ1) is 18.1. The highest BCUT2D eigenvalue weighted by Gasteiger charge is 2.41. The molecule has 0 saturated carbocycles. The van der Waals surface area contributed by atoms with Gasteiger partial charge in [-0.2, -0.15) is 0 Å². The molecule has 11 heteroatoms. The van der Waals surface area contributed by atoms with Crippen LogP contribution in [0, 0.1) is 22.9 Å². The summed E-state index contributed by atoms with van der Waals surface area (Å²) in [5.74, 6) is -3.88. The first kappa shape index (κ1) is 28.4. The van der Waals surface area contributed by atoms with Gasteiger partial charge in [-0.05, 0) is 69.1 Å². The Morgan fingerprint density at radius 1 is 1.21 bits per heavy atom. The molecule has 1 aliphatic heterocycles. The molecule has 1 N–H and O–H groups in total. The number of aliphatic carboxylic acids is 1. The third-order valence-corrected chi connectivity index (χ3v) is 8.42. The van der Waals surface area contributed by atoms with E-state index in [0.717, 1.165) is 12.1 Å². The second kappa shape index (κ2) is 12.1. The number of ether oxygens (including phenoxy) is 1. The van der Waals surface area contributed by atoms with E-state index in [0.29, 0.717) is 54.9 Å². The van der Waals surface area contributed by atoms with Crippen LogP contribution in [0.1, 0.15) is 37.4 Å². The number of nitrogens with zero attached hydrogens (tertiary/aromatic N) is 2. The third kappa shape index (κ3) is 6.18. The lowest BCUT2D eigenvalue weighted by atomic mass is 9.74. The van der Waals surface area contributed by atoms with Crippen LogP contribution in [0.4, 0.5) is 17.6 Å². The third-order valence-electron chi connectivity index (χ3n) is 7.16. The fraction of sp³-hybridized carbons (Fsp3) is 0.407. The Bertz CT molecular complexity index is 1300. The van der Waals surface area contributed by atoms with Crippen LogP contribution in [0.3, 0.4) is 0 Å². The highest BCUT2D eigenvalue weighted by molar-refractivity contribution is 7.99. The van der Waals surface area contributed by atoms with Crippen molar-refractivity contribution in [3.8, 4) is 5.75 Å². The molecule has 1 aromatic heterocycles. The Labute approximate surface area is 227 Å². The van der Waals surface area contributed by atoms with Crippen molar-refractivity contribution in [2.45, 2.75) is 36.8 Å². The zero-order chi connectivity index (χ0) is 27.4. The van der Waals surface area contributed by atoms with Gasteiger partial charge in [-0.15, -0.1) is 11.8 Å². The summed E-state index contributed by atoms with van der Waals surface area (Å²) in [7, 11) is 1.51. The Kier molecular flexibility index (Phi) is 9.05.